The van der Waals surface area contributed by atoms with Crippen molar-refractivity contribution in [2.24, 2.45) is 0 Å². The molecule has 0 aliphatic rings. The minimum atomic E-state index is -3.80. The van der Waals surface area contributed by atoms with Gasteiger partial charge in [0.25, 0.3) is 10.0 Å². The number of nitrogens with zero attached hydrogens (tertiary/aromatic N) is 4. The lowest BCUT2D eigenvalue weighted by atomic mass is 10.2. The van der Waals surface area contributed by atoms with Gasteiger partial charge in [-0.15, -0.1) is 20.5 Å². The van der Waals surface area contributed by atoms with Crippen molar-refractivity contribution in [3.8, 4) is 16.8 Å². The van der Waals surface area contributed by atoms with Gasteiger partial charge < -0.3 is 0 Å². The van der Waals surface area contributed by atoms with E-state index in [9.17, 15) is 8.42 Å². The van der Waals surface area contributed by atoms with E-state index in [1.807, 2.05) is 23.6 Å². The van der Waals surface area contributed by atoms with Gasteiger partial charge in [-0.05, 0) is 35.7 Å². The lowest BCUT2D eigenvalue weighted by Crippen LogP contribution is -2.13. The first-order chi connectivity index (χ1) is 10.1. The molecule has 0 unspecified atom stereocenters. The van der Waals surface area contributed by atoms with E-state index >= 15 is 0 Å². The smallest absolute Gasteiger partial charge is 0.213 e. The molecular weight excluding hydrogens is 308 g/mol. The quantitative estimate of drug-likeness (QED) is 0.738. The molecule has 0 amide bonds. The summed E-state index contributed by atoms with van der Waals surface area (Å²) in [4.78, 5) is 4.87. The molecule has 0 aliphatic heterocycles. The second kappa shape index (κ2) is 5.12. The minimum absolute atomic E-state index is 0.0594. The summed E-state index contributed by atoms with van der Waals surface area (Å²) < 4.78 is 25.6. The van der Waals surface area contributed by atoms with Crippen LogP contribution in [-0.4, -0.2) is 22.6 Å². The van der Waals surface area contributed by atoms with Gasteiger partial charge in [0, 0.05) is 0 Å². The summed E-state index contributed by atoms with van der Waals surface area (Å²) in [5.74, 6) is 0.363. The average Bonchev–Trinajstić information content (AvgIpc) is 3.18. The Morgan fingerprint density at radius 1 is 1.19 bits per heavy atom. The molecule has 0 N–H and O–H groups in total. The van der Waals surface area contributed by atoms with Crippen LogP contribution in [0.15, 0.2) is 53.0 Å². The summed E-state index contributed by atoms with van der Waals surface area (Å²) >= 11 is 1.43. The lowest BCUT2D eigenvalue weighted by molar-refractivity contribution is 0.580. The normalized spacial score (nSPS) is 11.2. The molecule has 6 nitrogen and oxygen atoms in total. The fraction of sp³-hybridized carbons (Fsp3) is 0. The molecule has 0 saturated carbocycles. The largest absolute Gasteiger partial charge is 0.284 e. The number of hydrogen-bond donors (Lipinski definition) is 0. The summed E-state index contributed by atoms with van der Waals surface area (Å²) in [5, 5.41) is 14.6. The fourth-order valence-corrected chi connectivity index (χ4v) is 3.40. The maximum Gasteiger partial charge on any atom is 0.284 e. The molecule has 0 saturated heterocycles. The van der Waals surface area contributed by atoms with Crippen molar-refractivity contribution < 1.29 is 8.42 Å². The third-order valence-electron chi connectivity index (χ3n) is 2.74. The zero-order valence-electron chi connectivity index (χ0n) is 10.5. The van der Waals surface area contributed by atoms with Crippen molar-refractivity contribution in [2.45, 2.75) is 4.90 Å². The number of thiophene rings is 1. The van der Waals surface area contributed by atoms with Crippen LogP contribution in [0, 0.1) is 11.3 Å². The van der Waals surface area contributed by atoms with Gasteiger partial charge in [-0.25, -0.2) is 4.98 Å². The Morgan fingerprint density at radius 3 is 2.57 bits per heavy atom. The molecule has 21 heavy (non-hydrogen) atoms. The second-order valence-electron chi connectivity index (χ2n) is 4.06. The summed E-state index contributed by atoms with van der Waals surface area (Å²) in [6.07, 6.45) is 1.17. The van der Waals surface area contributed by atoms with E-state index in [4.69, 9.17) is 5.26 Å². The van der Waals surface area contributed by atoms with E-state index in [2.05, 4.69) is 10.1 Å². The first-order valence-electron chi connectivity index (χ1n) is 5.82. The van der Waals surface area contributed by atoms with Crippen LogP contribution in [0.4, 0.5) is 0 Å². The van der Waals surface area contributed by atoms with Crippen LogP contribution < -0.4 is 0 Å². The van der Waals surface area contributed by atoms with E-state index < -0.39 is 10.0 Å². The molecule has 8 heteroatoms. The molecule has 0 radical (unpaired) electrons. The molecule has 104 valence electrons. The summed E-state index contributed by atoms with van der Waals surface area (Å²) in [6, 6.07) is 11.2. The van der Waals surface area contributed by atoms with E-state index in [0.717, 1.165) is 8.96 Å². The highest BCUT2D eigenvalue weighted by molar-refractivity contribution is 7.89. The predicted octanol–water partition coefficient (Wildman–Crippen LogP) is 2.12. The molecule has 0 spiro atoms. The van der Waals surface area contributed by atoms with Crippen LogP contribution in [-0.2, 0) is 10.0 Å². The van der Waals surface area contributed by atoms with Gasteiger partial charge in [0.05, 0.1) is 21.4 Å². The van der Waals surface area contributed by atoms with Crippen LogP contribution in [0.5, 0.6) is 0 Å². The molecule has 0 aliphatic carbocycles. The number of hydrogen-bond acceptors (Lipinski definition) is 6. The maximum atomic E-state index is 12.4. The van der Waals surface area contributed by atoms with Gasteiger partial charge in [-0.2, -0.15) is 13.7 Å². The standard InChI is InChI=1S/C13H8N4O2S2/c14-8-10-3-5-11(6-4-10)21(18,19)17-9-15-13(16-17)12-2-1-7-20-12/h1-7,9H. The highest BCUT2D eigenvalue weighted by atomic mass is 32.2. The molecule has 1 aromatic carbocycles. The van der Waals surface area contributed by atoms with Gasteiger partial charge in [0.1, 0.15) is 6.33 Å². The third-order valence-corrected chi connectivity index (χ3v) is 5.14. The summed E-state index contributed by atoms with van der Waals surface area (Å²) in [6.45, 7) is 0. The second-order valence-corrected chi connectivity index (χ2v) is 6.80. The van der Waals surface area contributed by atoms with Crippen molar-refractivity contribution in [1.82, 2.24) is 14.2 Å². The van der Waals surface area contributed by atoms with Gasteiger partial charge >= 0.3 is 0 Å². The Balaban J connectivity index is 2.00. The van der Waals surface area contributed by atoms with E-state index in [1.54, 1.807) is 0 Å². The van der Waals surface area contributed by atoms with Gasteiger partial charge in [0.15, 0.2) is 5.82 Å². The Labute approximate surface area is 125 Å². The molecule has 0 atom stereocenters. The summed E-state index contributed by atoms with van der Waals surface area (Å²) in [5.41, 5.74) is 0.395. The van der Waals surface area contributed by atoms with Gasteiger partial charge in [0.2, 0.25) is 0 Å². The van der Waals surface area contributed by atoms with E-state index in [0.29, 0.717) is 11.4 Å². The Bertz CT molecular complexity index is 904. The third kappa shape index (κ3) is 2.44. The Kier molecular flexibility index (Phi) is 3.29. The highest BCUT2D eigenvalue weighted by Crippen LogP contribution is 2.21. The fourth-order valence-electron chi connectivity index (χ4n) is 1.69. The van der Waals surface area contributed by atoms with Gasteiger partial charge in [-0.3, -0.25) is 0 Å². The van der Waals surface area contributed by atoms with Crippen LogP contribution in [0.2, 0.25) is 0 Å². The zero-order valence-corrected chi connectivity index (χ0v) is 12.2. The Morgan fingerprint density at radius 2 is 1.95 bits per heavy atom. The molecular formula is C13H8N4O2S2. The average molecular weight is 316 g/mol. The summed E-state index contributed by atoms with van der Waals surface area (Å²) in [7, 11) is -3.80. The van der Waals surface area contributed by atoms with Gasteiger partial charge in [-0.1, -0.05) is 6.07 Å². The maximum absolute atomic E-state index is 12.4. The van der Waals surface area contributed by atoms with Crippen molar-refractivity contribution in [3.63, 3.8) is 0 Å². The van der Waals surface area contributed by atoms with Crippen molar-refractivity contribution >= 4 is 21.4 Å². The number of benzene rings is 1. The Hall–Kier alpha value is -2.50. The topological polar surface area (TPSA) is 88.6 Å². The molecule has 3 aromatic rings. The van der Waals surface area contributed by atoms with Crippen LogP contribution >= 0.6 is 11.3 Å². The monoisotopic (exact) mass is 316 g/mol. The van der Waals surface area contributed by atoms with Crippen LogP contribution in [0.3, 0.4) is 0 Å². The van der Waals surface area contributed by atoms with Crippen molar-refractivity contribution in [2.75, 3.05) is 0 Å². The van der Waals surface area contributed by atoms with E-state index in [-0.39, 0.29) is 4.90 Å². The SMILES string of the molecule is N#Cc1ccc(S(=O)(=O)n2cnc(-c3cccs3)n2)cc1. The molecule has 0 fully saturated rings. The lowest BCUT2D eigenvalue weighted by Gasteiger charge is -2.02. The molecule has 2 heterocycles. The minimum Gasteiger partial charge on any atom is -0.213 e. The van der Waals surface area contributed by atoms with Crippen LogP contribution in [0.1, 0.15) is 5.56 Å². The van der Waals surface area contributed by atoms with Crippen molar-refractivity contribution in [1.29, 1.82) is 5.26 Å². The molecule has 0 bridgehead atoms. The molecule has 2 aromatic heterocycles. The highest BCUT2D eigenvalue weighted by Gasteiger charge is 2.19. The van der Waals surface area contributed by atoms with Crippen LogP contribution in [0.25, 0.3) is 10.7 Å². The van der Waals surface area contributed by atoms with E-state index in [1.165, 1.54) is 41.9 Å². The predicted molar refractivity (Wildman–Crippen MR) is 77.1 cm³/mol. The van der Waals surface area contributed by atoms with Crippen molar-refractivity contribution in [3.05, 3.63) is 53.7 Å². The zero-order chi connectivity index (χ0) is 14.9. The molecule has 3 rings (SSSR count). The first-order valence-corrected chi connectivity index (χ1v) is 8.14. The number of aromatic nitrogens is 3. The first kappa shape index (κ1) is 13.5. The number of nitriles is 1. The number of rotatable bonds is 3.